The molecule has 1 amide bonds. The van der Waals surface area contributed by atoms with E-state index in [1.54, 1.807) is 0 Å². The van der Waals surface area contributed by atoms with Crippen molar-refractivity contribution in [3.63, 3.8) is 0 Å². The molecule has 1 atom stereocenters. The van der Waals surface area contributed by atoms with Crippen LogP contribution < -0.4 is 5.32 Å². The van der Waals surface area contributed by atoms with Gasteiger partial charge in [-0.1, -0.05) is 54.2 Å². The first-order valence-corrected chi connectivity index (χ1v) is 9.33. The van der Waals surface area contributed by atoms with E-state index >= 15 is 0 Å². The Bertz CT molecular complexity index is 921. The topological polar surface area (TPSA) is 59.8 Å². The predicted molar refractivity (Wildman–Crippen MR) is 106 cm³/mol. The standard InChI is InChI=1S/C20H22N4OS/c1-13-10-11-14(2)17(12-13)21-19(25)15(3)26-20-23-22-18(24(20)4)16-8-6-5-7-9-16/h5-12,15H,1-4H3,(H,21,25). The molecule has 0 saturated carbocycles. The Balaban J connectivity index is 1.72. The molecule has 1 heterocycles. The van der Waals surface area contributed by atoms with Gasteiger partial charge in [-0.05, 0) is 38.0 Å². The number of nitrogens with zero attached hydrogens (tertiary/aromatic N) is 3. The Morgan fingerprint density at radius 3 is 2.58 bits per heavy atom. The molecule has 0 aliphatic carbocycles. The largest absolute Gasteiger partial charge is 0.325 e. The Labute approximate surface area is 157 Å². The van der Waals surface area contributed by atoms with Crippen LogP contribution in [0.1, 0.15) is 18.1 Å². The maximum atomic E-state index is 12.6. The number of aryl methyl sites for hydroxylation is 2. The molecular formula is C20H22N4OS. The fraction of sp³-hybridized carbons (Fsp3) is 0.250. The van der Waals surface area contributed by atoms with Crippen LogP contribution >= 0.6 is 11.8 Å². The summed E-state index contributed by atoms with van der Waals surface area (Å²) in [5.74, 6) is 0.739. The number of hydrogen-bond donors (Lipinski definition) is 1. The van der Waals surface area contributed by atoms with Gasteiger partial charge >= 0.3 is 0 Å². The second kappa shape index (κ2) is 7.74. The molecule has 0 bridgehead atoms. The van der Waals surface area contributed by atoms with Crippen LogP contribution in [0.3, 0.4) is 0 Å². The molecule has 26 heavy (non-hydrogen) atoms. The summed E-state index contributed by atoms with van der Waals surface area (Å²) < 4.78 is 1.92. The maximum Gasteiger partial charge on any atom is 0.237 e. The van der Waals surface area contributed by atoms with Gasteiger partial charge in [-0.2, -0.15) is 0 Å². The van der Waals surface area contributed by atoms with Gasteiger partial charge in [-0.3, -0.25) is 4.79 Å². The maximum absolute atomic E-state index is 12.6. The van der Waals surface area contributed by atoms with Gasteiger partial charge in [-0.25, -0.2) is 0 Å². The first-order valence-electron chi connectivity index (χ1n) is 8.45. The van der Waals surface area contributed by atoms with Gasteiger partial charge in [0, 0.05) is 18.3 Å². The number of aromatic nitrogens is 3. The van der Waals surface area contributed by atoms with Crippen LogP contribution in [0.15, 0.2) is 53.7 Å². The molecule has 1 aromatic heterocycles. The van der Waals surface area contributed by atoms with E-state index < -0.39 is 0 Å². The fourth-order valence-electron chi connectivity index (χ4n) is 2.57. The van der Waals surface area contributed by atoms with Crippen molar-refractivity contribution in [2.45, 2.75) is 31.2 Å². The minimum absolute atomic E-state index is 0.0482. The minimum Gasteiger partial charge on any atom is -0.325 e. The molecule has 6 heteroatoms. The quantitative estimate of drug-likeness (QED) is 0.687. The zero-order chi connectivity index (χ0) is 18.7. The molecule has 5 nitrogen and oxygen atoms in total. The first-order chi connectivity index (χ1) is 12.5. The SMILES string of the molecule is Cc1ccc(C)c(NC(=O)C(C)Sc2nnc(-c3ccccc3)n2C)c1. The second-order valence-corrected chi connectivity index (χ2v) is 7.61. The van der Waals surface area contributed by atoms with E-state index in [-0.39, 0.29) is 11.2 Å². The normalized spacial score (nSPS) is 12.0. The number of carbonyl (C=O) groups excluding carboxylic acids is 1. The van der Waals surface area contributed by atoms with E-state index in [1.807, 2.05) is 80.9 Å². The van der Waals surface area contributed by atoms with Crippen molar-refractivity contribution in [2.75, 3.05) is 5.32 Å². The van der Waals surface area contributed by atoms with Crippen LogP contribution in [0.4, 0.5) is 5.69 Å². The van der Waals surface area contributed by atoms with Gasteiger partial charge in [0.2, 0.25) is 5.91 Å². The van der Waals surface area contributed by atoms with E-state index in [1.165, 1.54) is 11.8 Å². The molecule has 0 aliphatic heterocycles. The lowest BCUT2D eigenvalue weighted by molar-refractivity contribution is -0.115. The molecule has 0 aliphatic rings. The van der Waals surface area contributed by atoms with Gasteiger partial charge in [-0.15, -0.1) is 10.2 Å². The zero-order valence-electron chi connectivity index (χ0n) is 15.4. The van der Waals surface area contributed by atoms with E-state index in [0.29, 0.717) is 5.16 Å². The van der Waals surface area contributed by atoms with Crippen molar-refractivity contribution in [2.24, 2.45) is 7.05 Å². The van der Waals surface area contributed by atoms with Crippen LogP contribution in [0.2, 0.25) is 0 Å². The lowest BCUT2D eigenvalue weighted by Gasteiger charge is -2.13. The van der Waals surface area contributed by atoms with Gasteiger partial charge in [0.25, 0.3) is 0 Å². The van der Waals surface area contributed by atoms with Crippen molar-refractivity contribution in [3.8, 4) is 11.4 Å². The molecule has 1 unspecified atom stereocenters. The Hall–Kier alpha value is -2.60. The number of rotatable bonds is 5. The predicted octanol–water partition coefficient (Wildman–Crippen LogP) is 4.22. The van der Waals surface area contributed by atoms with Crippen LogP contribution in [0.5, 0.6) is 0 Å². The third kappa shape index (κ3) is 3.96. The highest BCUT2D eigenvalue weighted by Crippen LogP contribution is 2.26. The van der Waals surface area contributed by atoms with Crippen LogP contribution in [0, 0.1) is 13.8 Å². The fourth-order valence-corrected chi connectivity index (χ4v) is 3.39. The van der Waals surface area contributed by atoms with Crippen LogP contribution in [0.25, 0.3) is 11.4 Å². The minimum atomic E-state index is -0.290. The smallest absolute Gasteiger partial charge is 0.237 e. The number of amides is 1. The summed E-state index contributed by atoms with van der Waals surface area (Å²) >= 11 is 1.40. The average Bonchev–Trinajstić information content (AvgIpc) is 2.99. The lowest BCUT2D eigenvalue weighted by Crippen LogP contribution is -2.23. The number of benzene rings is 2. The summed E-state index contributed by atoms with van der Waals surface area (Å²) in [5, 5.41) is 12.0. The monoisotopic (exact) mass is 366 g/mol. The van der Waals surface area contributed by atoms with Crippen LogP contribution in [-0.4, -0.2) is 25.9 Å². The summed E-state index contributed by atoms with van der Waals surface area (Å²) in [6, 6.07) is 15.9. The lowest BCUT2D eigenvalue weighted by atomic mass is 10.1. The molecule has 2 aromatic carbocycles. The van der Waals surface area contributed by atoms with Gasteiger partial charge in [0.05, 0.1) is 5.25 Å². The van der Waals surface area contributed by atoms with E-state index in [2.05, 4.69) is 15.5 Å². The summed E-state index contributed by atoms with van der Waals surface area (Å²) in [6.45, 7) is 5.88. The highest BCUT2D eigenvalue weighted by molar-refractivity contribution is 8.00. The van der Waals surface area contributed by atoms with Crippen molar-refractivity contribution in [1.29, 1.82) is 0 Å². The molecular weight excluding hydrogens is 344 g/mol. The zero-order valence-corrected chi connectivity index (χ0v) is 16.2. The Morgan fingerprint density at radius 2 is 1.85 bits per heavy atom. The van der Waals surface area contributed by atoms with E-state index in [4.69, 9.17) is 0 Å². The van der Waals surface area contributed by atoms with Gasteiger partial charge in [0.1, 0.15) is 0 Å². The van der Waals surface area contributed by atoms with E-state index in [9.17, 15) is 4.79 Å². The molecule has 3 aromatic rings. The highest BCUT2D eigenvalue weighted by atomic mass is 32.2. The van der Waals surface area contributed by atoms with Crippen molar-refractivity contribution in [3.05, 3.63) is 59.7 Å². The molecule has 0 spiro atoms. The number of anilines is 1. The first kappa shape index (κ1) is 18.2. The molecule has 0 fully saturated rings. The summed E-state index contributed by atoms with van der Waals surface area (Å²) in [4.78, 5) is 12.6. The molecule has 1 N–H and O–H groups in total. The molecule has 0 saturated heterocycles. The summed E-state index contributed by atoms with van der Waals surface area (Å²) in [6.07, 6.45) is 0. The molecule has 0 radical (unpaired) electrons. The number of carbonyl (C=O) groups is 1. The van der Waals surface area contributed by atoms with Gasteiger partial charge < -0.3 is 9.88 Å². The Morgan fingerprint density at radius 1 is 1.12 bits per heavy atom. The van der Waals surface area contributed by atoms with Crippen molar-refractivity contribution < 1.29 is 4.79 Å². The van der Waals surface area contributed by atoms with Gasteiger partial charge in [0.15, 0.2) is 11.0 Å². The number of nitrogens with one attached hydrogen (secondary N) is 1. The summed E-state index contributed by atoms with van der Waals surface area (Å²) in [7, 11) is 1.92. The third-order valence-corrected chi connectivity index (χ3v) is 5.30. The average molecular weight is 366 g/mol. The third-order valence-electron chi connectivity index (χ3n) is 4.17. The number of hydrogen-bond acceptors (Lipinski definition) is 4. The Kier molecular flexibility index (Phi) is 5.42. The molecule has 134 valence electrons. The highest BCUT2D eigenvalue weighted by Gasteiger charge is 2.20. The number of thioether (sulfide) groups is 1. The second-order valence-electron chi connectivity index (χ2n) is 6.30. The molecule has 3 rings (SSSR count). The van der Waals surface area contributed by atoms with Crippen LogP contribution in [-0.2, 0) is 11.8 Å². The van der Waals surface area contributed by atoms with Crippen molar-refractivity contribution in [1.82, 2.24) is 14.8 Å². The summed E-state index contributed by atoms with van der Waals surface area (Å²) in [5.41, 5.74) is 4.02. The van der Waals surface area contributed by atoms with Crippen molar-refractivity contribution >= 4 is 23.4 Å². The van der Waals surface area contributed by atoms with E-state index in [0.717, 1.165) is 28.2 Å².